The minimum atomic E-state index is -0.462. The predicted octanol–water partition coefficient (Wildman–Crippen LogP) is 3.96. The van der Waals surface area contributed by atoms with Crippen LogP contribution in [0.1, 0.15) is 31.4 Å². The van der Waals surface area contributed by atoms with Crippen molar-refractivity contribution in [1.82, 2.24) is 10.2 Å². The molecule has 6 nitrogen and oxygen atoms in total. The molecule has 1 aliphatic rings. The van der Waals surface area contributed by atoms with Gasteiger partial charge in [0.1, 0.15) is 0 Å². The van der Waals surface area contributed by atoms with Crippen molar-refractivity contribution in [2.24, 2.45) is 5.92 Å². The van der Waals surface area contributed by atoms with Gasteiger partial charge in [0.05, 0.1) is 13.2 Å². The van der Waals surface area contributed by atoms with Crippen molar-refractivity contribution in [3.8, 4) is 5.75 Å². The zero-order chi connectivity index (χ0) is 20.8. The minimum Gasteiger partial charge on any atom is -0.494 e. The number of hydrogen-bond acceptors (Lipinski definition) is 3. The highest BCUT2D eigenvalue weighted by Gasteiger charge is 2.28. The molecule has 7 heteroatoms. The Labute approximate surface area is 170 Å². The van der Waals surface area contributed by atoms with E-state index >= 15 is 0 Å². The number of nitrogens with one attached hydrogen (secondary N) is 2. The number of anilines is 1. The third kappa shape index (κ3) is 5.25. The number of hydrogen-bond donors (Lipinski definition) is 2. The zero-order valence-electron chi connectivity index (χ0n) is 16.7. The van der Waals surface area contributed by atoms with E-state index in [1.165, 1.54) is 13.2 Å². The van der Waals surface area contributed by atoms with Gasteiger partial charge in [0.2, 0.25) is 5.91 Å². The van der Waals surface area contributed by atoms with Crippen LogP contribution in [0.15, 0.2) is 48.5 Å². The number of rotatable bonds is 5. The molecule has 2 N–H and O–H groups in total. The molecule has 0 aromatic heterocycles. The molecule has 1 aliphatic heterocycles. The molecule has 3 rings (SSSR count). The van der Waals surface area contributed by atoms with Crippen molar-refractivity contribution in [3.05, 3.63) is 59.9 Å². The van der Waals surface area contributed by atoms with Gasteiger partial charge in [-0.1, -0.05) is 24.3 Å². The molecule has 1 fully saturated rings. The lowest BCUT2D eigenvalue weighted by Gasteiger charge is -2.32. The average Bonchev–Trinajstić information content (AvgIpc) is 2.74. The average molecular weight is 399 g/mol. The summed E-state index contributed by atoms with van der Waals surface area (Å²) in [6.45, 7) is 2.81. The Morgan fingerprint density at radius 3 is 2.45 bits per heavy atom. The normalized spacial score (nSPS) is 15.5. The lowest BCUT2D eigenvalue weighted by Crippen LogP contribution is -2.46. The summed E-state index contributed by atoms with van der Waals surface area (Å²) in [5.74, 6) is -0.426. The SMILES string of the molecule is COc1ccc(C(C)NC(=O)N2CCC(C(=O)Nc3ccccc3)CC2)cc1F. The number of benzene rings is 2. The second-order valence-corrected chi connectivity index (χ2v) is 7.18. The molecule has 0 spiro atoms. The maximum absolute atomic E-state index is 13.9. The number of urea groups is 1. The Kier molecular flexibility index (Phi) is 6.69. The molecule has 0 bridgehead atoms. The molecule has 0 saturated carbocycles. The van der Waals surface area contributed by atoms with Crippen LogP contribution in [-0.4, -0.2) is 37.0 Å². The number of para-hydroxylation sites is 1. The number of methoxy groups -OCH3 is 1. The number of likely N-dealkylation sites (tertiary alicyclic amines) is 1. The van der Waals surface area contributed by atoms with Gasteiger partial charge in [-0.2, -0.15) is 0 Å². The van der Waals surface area contributed by atoms with Crippen LogP contribution in [-0.2, 0) is 4.79 Å². The number of halogens is 1. The first-order valence-corrected chi connectivity index (χ1v) is 9.72. The summed E-state index contributed by atoms with van der Waals surface area (Å²) < 4.78 is 18.8. The third-order valence-corrected chi connectivity index (χ3v) is 5.21. The fraction of sp³-hybridized carbons (Fsp3) is 0.364. The quantitative estimate of drug-likeness (QED) is 0.800. The van der Waals surface area contributed by atoms with Crippen molar-refractivity contribution in [2.75, 3.05) is 25.5 Å². The lowest BCUT2D eigenvalue weighted by molar-refractivity contribution is -0.121. The first-order valence-electron chi connectivity index (χ1n) is 9.72. The number of carbonyl (C=O) groups excluding carboxylic acids is 2. The lowest BCUT2D eigenvalue weighted by atomic mass is 9.96. The summed E-state index contributed by atoms with van der Waals surface area (Å²) in [5.41, 5.74) is 1.44. The molecule has 0 radical (unpaired) electrons. The van der Waals surface area contributed by atoms with Crippen LogP contribution in [0.2, 0.25) is 0 Å². The van der Waals surface area contributed by atoms with Gasteiger partial charge in [-0.3, -0.25) is 4.79 Å². The van der Waals surface area contributed by atoms with E-state index in [1.807, 2.05) is 30.3 Å². The predicted molar refractivity (Wildman–Crippen MR) is 109 cm³/mol. The molecular formula is C22H26FN3O3. The van der Waals surface area contributed by atoms with E-state index in [0.29, 0.717) is 31.5 Å². The number of amides is 3. The topological polar surface area (TPSA) is 70.7 Å². The molecule has 1 saturated heterocycles. The van der Waals surface area contributed by atoms with Crippen LogP contribution in [0.3, 0.4) is 0 Å². The van der Waals surface area contributed by atoms with Gasteiger partial charge < -0.3 is 20.3 Å². The second-order valence-electron chi connectivity index (χ2n) is 7.18. The van der Waals surface area contributed by atoms with Crippen molar-refractivity contribution in [2.45, 2.75) is 25.8 Å². The number of ether oxygens (including phenoxy) is 1. The monoisotopic (exact) mass is 399 g/mol. The Hall–Kier alpha value is -3.09. The molecule has 29 heavy (non-hydrogen) atoms. The molecule has 1 unspecified atom stereocenters. The number of piperidine rings is 1. The Morgan fingerprint density at radius 1 is 1.14 bits per heavy atom. The van der Waals surface area contributed by atoms with Gasteiger partial charge in [0, 0.05) is 24.7 Å². The molecule has 2 aromatic rings. The van der Waals surface area contributed by atoms with Crippen LogP contribution in [0.5, 0.6) is 5.75 Å². The van der Waals surface area contributed by atoms with Gasteiger partial charge in [-0.05, 0) is 49.6 Å². The molecule has 0 aliphatic carbocycles. The zero-order valence-corrected chi connectivity index (χ0v) is 16.7. The summed E-state index contributed by atoms with van der Waals surface area (Å²) in [4.78, 5) is 26.7. The van der Waals surface area contributed by atoms with Gasteiger partial charge in [0.15, 0.2) is 11.6 Å². The minimum absolute atomic E-state index is 0.0154. The van der Waals surface area contributed by atoms with Crippen LogP contribution in [0.4, 0.5) is 14.9 Å². The van der Waals surface area contributed by atoms with E-state index in [0.717, 1.165) is 5.69 Å². The Balaban J connectivity index is 1.49. The summed E-state index contributed by atoms with van der Waals surface area (Å²) in [6.07, 6.45) is 1.22. The number of nitrogens with zero attached hydrogens (tertiary/aromatic N) is 1. The molecule has 2 aromatic carbocycles. The molecular weight excluding hydrogens is 373 g/mol. The van der Waals surface area contributed by atoms with Crippen LogP contribution < -0.4 is 15.4 Å². The molecule has 154 valence electrons. The smallest absolute Gasteiger partial charge is 0.317 e. The molecule has 3 amide bonds. The maximum Gasteiger partial charge on any atom is 0.317 e. The largest absolute Gasteiger partial charge is 0.494 e. The van der Waals surface area contributed by atoms with Crippen LogP contribution in [0, 0.1) is 11.7 Å². The summed E-state index contributed by atoms with van der Waals surface area (Å²) in [6, 6.07) is 13.4. The fourth-order valence-corrected chi connectivity index (χ4v) is 3.42. The highest BCUT2D eigenvalue weighted by molar-refractivity contribution is 5.92. The molecule has 1 heterocycles. The van der Waals surface area contributed by atoms with Gasteiger partial charge in [-0.15, -0.1) is 0 Å². The summed E-state index contributed by atoms with van der Waals surface area (Å²) in [5, 5.41) is 5.81. The highest BCUT2D eigenvalue weighted by atomic mass is 19.1. The van der Waals surface area contributed by atoms with Crippen LogP contribution >= 0.6 is 0 Å². The van der Waals surface area contributed by atoms with Crippen molar-refractivity contribution >= 4 is 17.6 Å². The second kappa shape index (κ2) is 9.41. The van der Waals surface area contributed by atoms with Gasteiger partial charge in [-0.25, -0.2) is 9.18 Å². The van der Waals surface area contributed by atoms with Crippen molar-refractivity contribution < 1.29 is 18.7 Å². The van der Waals surface area contributed by atoms with Crippen molar-refractivity contribution in [1.29, 1.82) is 0 Å². The van der Waals surface area contributed by atoms with Crippen molar-refractivity contribution in [3.63, 3.8) is 0 Å². The Bertz CT molecular complexity index is 852. The van der Waals surface area contributed by atoms with E-state index in [-0.39, 0.29) is 29.6 Å². The standard InChI is InChI=1S/C22H26FN3O3/c1-15(17-8-9-20(29-2)19(23)14-17)24-22(28)26-12-10-16(11-13-26)21(27)25-18-6-4-3-5-7-18/h3-9,14-16H,10-13H2,1-2H3,(H,24,28)(H,25,27). The van der Waals surface area contributed by atoms with E-state index < -0.39 is 5.82 Å². The van der Waals surface area contributed by atoms with E-state index in [4.69, 9.17) is 4.74 Å². The van der Waals surface area contributed by atoms with Gasteiger partial charge in [0.25, 0.3) is 0 Å². The van der Waals surface area contributed by atoms with Gasteiger partial charge >= 0.3 is 6.03 Å². The van der Waals surface area contributed by atoms with E-state index in [9.17, 15) is 14.0 Å². The first kappa shape index (κ1) is 20.6. The Morgan fingerprint density at radius 2 is 1.83 bits per heavy atom. The van der Waals surface area contributed by atoms with E-state index in [2.05, 4.69) is 10.6 Å². The number of carbonyl (C=O) groups is 2. The third-order valence-electron chi connectivity index (χ3n) is 5.21. The van der Waals surface area contributed by atoms with Crippen LogP contribution in [0.25, 0.3) is 0 Å². The fourth-order valence-electron chi connectivity index (χ4n) is 3.42. The summed E-state index contributed by atoms with van der Waals surface area (Å²) in [7, 11) is 1.41. The highest BCUT2D eigenvalue weighted by Crippen LogP contribution is 2.23. The molecule has 1 atom stereocenters. The van der Waals surface area contributed by atoms with E-state index in [1.54, 1.807) is 24.0 Å². The maximum atomic E-state index is 13.9. The first-order chi connectivity index (χ1) is 14.0. The summed E-state index contributed by atoms with van der Waals surface area (Å²) >= 11 is 0.